The van der Waals surface area contributed by atoms with E-state index in [2.05, 4.69) is 10.3 Å². The van der Waals surface area contributed by atoms with Gasteiger partial charge < -0.3 is 15.0 Å². The highest BCUT2D eigenvalue weighted by atomic mass is 16.5. The number of H-pyrrole nitrogens is 1. The smallest absolute Gasteiger partial charge is 0.251 e. The van der Waals surface area contributed by atoms with Crippen molar-refractivity contribution >= 4 is 5.91 Å². The zero-order valence-electron chi connectivity index (χ0n) is 9.73. The van der Waals surface area contributed by atoms with Crippen LogP contribution in [0.5, 0.6) is 0 Å². The lowest BCUT2D eigenvalue weighted by Crippen LogP contribution is -2.40. The van der Waals surface area contributed by atoms with Crippen LogP contribution in [0.3, 0.4) is 0 Å². The zero-order chi connectivity index (χ0) is 12.3. The van der Waals surface area contributed by atoms with Crippen molar-refractivity contribution < 1.29 is 9.53 Å². The van der Waals surface area contributed by atoms with Crippen LogP contribution >= 0.6 is 0 Å². The molecule has 2 atom stereocenters. The molecule has 1 saturated carbocycles. The molecule has 92 valence electrons. The number of rotatable bonds is 3. The van der Waals surface area contributed by atoms with E-state index >= 15 is 0 Å². The van der Waals surface area contributed by atoms with Gasteiger partial charge in [-0.3, -0.25) is 9.59 Å². The predicted molar refractivity (Wildman–Crippen MR) is 63.0 cm³/mol. The van der Waals surface area contributed by atoms with Crippen LogP contribution in [0.1, 0.15) is 29.6 Å². The molecule has 0 aromatic carbocycles. The minimum absolute atomic E-state index is 0.0480. The maximum Gasteiger partial charge on any atom is 0.251 e. The van der Waals surface area contributed by atoms with Gasteiger partial charge in [-0.1, -0.05) is 0 Å². The van der Waals surface area contributed by atoms with E-state index in [0.717, 1.165) is 19.3 Å². The summed E-state index contributed by atoms with van der Waals surface area (Å²) < 4.78 is 5.30. The molecule has 0 spiro atoms. The summed E-state index contributed by atoms with van der Waals surface area (Å²) in [5.41, 5.74) is 0.114. The highest BCUT2D eigenvalue weighted by Crippen LogP contribution is 2.21. The van der Waals surface area contributed by atoms with E-state index in [-0.39, 0.29) is 23.6 Å². The van der Waals surface area contributed by atoms with Crippen LogP contribution in [0, 0.1) is 0 Å². The fraction of sp³-hybridized carbons (Fsp3) is 0.500. The molecule has 17 heavy (non-hydrogen) atoms. The summed E-state index contributed by atoms with van der Waals surface area (Å²) in [5.74, 6) is -0.218. The first-order chi connectivity index (χ1) is 8.20. The fourth-order valence-electron chi connectivity index (χ4n) is 2.21. The largest absolute Gasteiger partial charge is 0.379 e. The Bertz CT molecular complexity index is 455. The molecule has 0 radical (unpaired) electrons. The van der Waals surface area contributed by atoms with Gasteiger partial charge in [-0.2, -0.15) is 0 Å². The maximum absolute atomic E-state index is 11.9. The Kier molecular flexibility index (Phi) is 3.58. The SMILES string of the molecule is COC1CCCC1NC(=O)c1cc[nH]c(=O)c1. The number of methoxy groups -OCH3 is 1. The highest BCUT2D eigenvalue weighted by molar-refractivity contribution is 5.94. The van der Waals surface area contributed by atoms with E-state index < -0.39 is 0 Å². The van der Waals surface area contributed by atoms with Crippen LogP contribution in [0.25, 0.3) is 0 Å². The van der Waals surface area contributed by atoms with Gasteiger partial charge in [0.2, 0.25) is 5.56 Å². The van der Waals surface area contributed by atoms with Crippen molar-refractivity contribution in [3.05, 3.63) is 34.2 Å². The van der Waals surface area contributed by atoms with Gasteiger partial charge in [0.1, 0.15) is 0 Å². The van der Waals surface area contributed by atoms with Crippen LogP contribution in [0.4, 0.5) is 0 Å². The molecule has 2 rings (SSSR count). The number of nitrogens with one attached hydrogen (secondary N) is 2. The van der Waals surface area contributed by atoms with E-state index in [4.69, 9.17) is 4.74 Å². The number of aromatic amines is 1. The van der Waals surface area contributed by atoms with E-state index in [1.807, 2.05) is 0 Å². The Labute approximate surface area is 99.2 Å². The van der Waals surface area contributed by atoms with E-state index in [1.54, 1.807) is 13.2 Å². The number of pyridine rings is 1. The third kappa shape index (κ3) is 2.74. The number of carbonyl (C=O) groups is 1. The van der Waals surface area contributed by atoms with Crippen molar-refractivity contribution in [1.29, 1.82) is 0 Å². The molecule has 0 bridgehead atoms. The van der Waals surface area contributed by atoms with Crippen molar-refractivity contribution in [1.82, 2.24) is 10.3 Å². The molecule has 1 aromatic rings. The van der Waals surface area contributed by atoms with Crippen LogP contribution in [0.2, 0.25) is 0 Å². The first-order valence-corrected chi connectivity index (χ1v) is 5.73. The number of ether oxygens (including phenoxy) is 1. The third-order valence-electron chi connectivity index (χ3n) is 3.11. The lowest BCUT2D eigenvalue weighted by Gasteiger charge is -2.19. The van der Waals surface area contributed by atoms with E-state index in [9.17, 15) is 9.59 Å². The van der Waals surface area contributed by atoms with Crippen LogP contribution in [-0.2, 0) is 4.74 Å². The minimum atomic E-state index is -0.271. The molecule has 0 saturated heterocycles. The second-order valence-corrected chi connectivity index (χ2v) is 4.23. The van der Waals surface area contributed by atoms with Crippen LogP contribution in [-0.4, -0.2) is 30.1 Å². The maximum atomic E-state index is 11.9. The average Bonchev–Trinajstić information content (AvgIpc) is 2.76. The lowest BCUT2D eigenvalue weighted by molar-refractivity contribution is 0.0722. The quantitative estimate of drug-likeness (QED) is 0.810. The molecule has 5 nitrogen and oxygen atoms in total. The van der Waals surface area contributed by atoms with Crippen molar-refractivity contribution in [3.63, 3.8) is 0 Å². The summed E-state index contributed by atoms with van der Waals surface area (Å²) in [6, 6.07) is 2.94. The van der Waals surface area contributed by atoms with Crippen molar-refractivity contribution in [2.45, 2.75) is 31.4 Å². The van der Waals surface area contributed by atoms with Crippen molar-refractivity contribution in [3.8, 4) is 0 Å². The fourth-order valence-corrected chi connectivity index (χ4v) is 2.21. The Balaban J connectivity index is 2.04. The molecule has 2 unspecified atom stereocenters. The standard InChI is InChI=1S/C12H16N2O3/c1-17-10-4-2-3-9(10)14-12(16)8-5-6-13-11(15)7-8/h5-7,9-10H,2-4H2,1H3,(H,13,15)(H,14,16). The van der Waals surface area contributed by atoms with Crippen LogP contribution in [0.15, 0.2) is 23.1 Å². The Morgan fingerprint density at radius 1 is 1.53 bits per heavy atom. The number of aromatic nitrogens is 1. The number of hydrogen-bond donors (Lipinski definition) is 2. The molecule has 1 aliphatic rings. The molecule has 1 aliphatic carbocycles. The summed E-state index contributed by atoms with van der Waals surface area (Å²) >= 11 is 0. The molecule has 1 fully saturated rings. The number of carbonyl (C=O) groups excluding carboxylic acids is 1. The Morgan fingerprint density at radius 2 is 2.35 bits per heavy atom. The summed E-state index contributed by atoms with van der Waals surface area (Å²) in [7, 11) is 1.66. The molecule has 1 aromatic heterocycles. The first-order valence-electron chi connectivity index (χ1n) is 5.73. The third-order valence-corrected chi connectivity index (χ3v) is 3.11. The summed E-state index contributed by atoms with van der Waals surface area (Å²) in [4.78, 5) is 25.5. The summed E-state index contributed by atoms with van der Waals surface area (Å²) in [6.07, 6.45) is 4.50. The number of amides is 1. The van der Waals surface area contributed by atoms with Gasteiger partial charge >= 0.3 is 0 Å². The average molecular weight is 236 g/mol. The second kappa shape index (κ2) is 5.14. The van der Waals surface area contributed by atoms with Gasteiger partial charge in [-0.25, -0.2) is 0 Å². The van der Waals surface area contributed by atoms with E-state index in [1.165, 1.54) is 12.3 Å². The summed E-state index contributed by atoms with van der Waals surface area (Å²) in [5, 5.41) is 2.91. The summed E-state index contributed by atoms with van der Waals surface area (Å²) in [6.45, 7) is 0. The van der Waals surface area contributed by atoms with E-state index in [0.29, 0.717) is 5.56 Å². The minimum Gasteiger partial charge on any atom is -0.379 e. The van der Waals surface area contributed by atoms with Crippen molar-refractivity contribution in [2.24, 2.45) is 0 Å². The molecule has 0 aliphatic heterocycles. The molecular formula is C12H16N2O3. The second-order valence-electron chi connectivity index (χ2n) is 4.23. The topological polar surface area (TPSA) is 71.2 Å². The Hall–Kier alpha value is -1.62. The molecular weight excluding hydrogens is 220 g/mol. The zero-order valence-corrected chi connectivity index (χ0v) is 9.73. The predicted octanol–water partition coefficient (Wildman–Crippen LogP) is 0.672. The van der Waals surface area contributed by atoms with Gasteiger partial charge in [0.25, 0.3) is 5.91 Å². The molecule has 1 heterocycles. The molecule has 1 amide bonds. The van der Waals surface area contributed by atoms with Gasteiger partial charge in [0.15, 0.2) is 0 Å². The van der Waals surface area contributed by atoms with Crippen molar-refractivity contribution in [2.75, 3.05) is 7.11 Å². The molecule has 5 heteroatoms. The molecule has 2 N–H and O–H groups in total. The normalized spacial score (nSPS) is 23.6. The van der Waals surface area contributed by atoms with Gasteiger partial charge in [0, 0.05) is 24.9 Å². The highest BCUT2D eigenvalue weighted by Gasteiger charge is 2.28. The lowest BCUT2D eigenvalue weighted by atomic mass is 10.2. The van der Waals surface area contributed by atoms with Crippen LogP contribution < -0.4 is 10.9 Å². The number of hydrogen-bond acceptors (Lipinski definition) is 3. The monoisotopic (exact) mass is 236 g/mol. The van der Waals surface area contributed by atoms with Gasteiger partial charge in [-0.05, 0) is 25.3 Å². The van der Waals surface area contributed by atoms with Gasteiger partial charge in [-0.15, -0.1) is 0 Å². The Morgan fingerprint density at radius 3 is 3.06 bits per heavy atom. The van der Waals surface area contributed by atoms with Gasteiger partial charge in [0.05, 0.1) is 12.1 Å². The first kappa shape index (κ1) is 11.9.